The number of nitrogens with zero attached hydrogens (tertiary/aromatic N) is 3. The summed E-state index contributed by atoms with van der Waals surface area (Å²) < 4.78 is 1.87. The summed E-state index contributed by atoms with van der Waals surface area (Å²) in [5, 5.41) is 17.2. The first-order valence-electron chi connectivity index (χ1n) is 5.68. The Bertz CT molecular complexity index is 320. The summed E-state index contributed by atoms with van der Waals surface area (Å²) in [6, 6.07) is 0. The smallest absolute Gasteiger partial charge is 0.138 e. The molecule has 5 nitrogen and oxygen atoms in total. The van der Waals surface area contributed by atoms with Crippen LogP contribution in [0.15, 0.2) is 6.33 Å². The van der Waals surface area contributed by atoms with Crippen LogP contribution in [0, 0.1) is 5.92 Å². The summed E-state index contributed by atoms with van der Waals surface area (Å²) in [5.74, 6) is 1.36. The van der Waals surface area contributed by atoms with Crippen molar-refractivity contribution in [2.45, 2.75) is 39.3 Å². The third kappa shape index (κ3) is 3.90. The predicted molar refractivity (Wildman–Crippen MR) is 63.1 cm³/mol. The first-order chi connectivity index (χ1) is 7.44. The topological polar surface area (TPSA) is 63.0 Å². The first-order valence-corrected chi connectivity index (χ1v) is 5.68. The Labute approximate surface area is 96.9 Å². The Balaban J connectivity index is 2.69. The Morgan fingerprint density at radius 3 is 2.81 bits per heavy atom. The molecule has 0 saturated carbocycles. The molecule has 1 aromatic heterocycles. The van der Waals surface area contributed by atoms with Crippen LogP contribution in [0.1, 0.15) is 26.6 Å². The lowest BCUT2D eigenvalue weighted by Gasteiger charge is -2.22. The summed E-state index contributed by atoms with van der Waals surface area (Å²) in [7, 11) is 1.83. The highest BCUT2D eigenvalue weighted by Crippen LogP contribution is 2.11. The molecule has 0 radical (unpaired) electrons. The number of nitrogens with one attached hydrogen (secondary N) is 1. The van der Waals surface area contributed by atoms with Crippen molar-refractivity contribution >= 4 is 0 Å². The Morgan fingerprint density at radius 1 is 1.56 bits per heavy atom. The fraction of sp³-hybridized carbons (Fsp3) is 0.818. The van der Waals surface area contributed by atoms with Gasteiger partial charge in [-0.1, -0.05) is 13.8 Å². The average molecular weight is 226 g/mol. The molecule has 0 aliphatic heterocycles. The molecule has 92 valence electrons. The second kappa shape index (κ2) is 5.41. The zero-order valence-electron chi connectivity index (χ0n) is 10.6. The number of hydrogen-bond donors (Lipinski definition) is 2. The molecule has 0 spiro atoms. The molecule has 0 aliphatic carbocycles. The van der Waals surface area contributed by atoms with Gasteiger partial charge in [0.25, 0.3) is 0 Å². The van der Waals surface area contributed by atoms with E-state index in [4.69, 9.17) is 0 Å². The lowest BCUT2D eigenvalue weighted by Crippen LogP contribution is -2.39. The fourth-order valence-electron chi connectivity index (χ4n) is 1.71. The van der Waals surface area contributed by atoms with E-state index in [1.807, 2.05) is 11.7 Å². The highest BCUT2D eigenvalue weighted by atomic mass is 16.3. The average Bonchev–Trinajstić information content (AvgIpc) is 2.50. The van der Waals surface area contributed by atoms with Gasteiger partial charge in [-0.2, -0.15) is 5.10 Å². The normalized spacial score (nSPS) is 15.4. The number of aliphatic hydroxyl groups is 1. The van der Waals surface area contributed by atoms with Gasteiger partial charge in [0.15, 0.2) is 0 Å². The summed E-state index contributed by atoms with van der Waals surface area (Å²) in [5.41, 5.74) is -0.781. The van der Waals surface area contributed by atoms with Crippen molar-refractivity contribution in [3.8, 4) is 0 Å². The molecule has 0 aliphatic rings. The van der Waals surface area contributed by atoms with Crippen LogP contribution in [0.2, 0.25) is 0 Å². The Hall–Kier alpha value is -0.940. The standard InChI is InChI=1S/C11H22N4O/c1-9(2)6-15-10(13-8-14-15)5-11(3,16)7-12-4/h8-9,12,16H,5-7H2,1-4H3. The van der Waals surface area contributed by atoms with Crippen molar-refractivity contribution in [2.24, 2.45) is 5.92 Å². The highest BCUT2D eigenvalue weighted by molar-refractivity contribution is 4.93. The third-order valence-corrected chi connectivity index (χ3v) is 2.33. The molecule has 0 amide bonds. The molecule has 1 unspecified atom stereocenters. The summed E-state index contributed by atoms with van der Waals surface area (Å²) in [6.07, 6.45) is 2.06. The molecule has 2 N–H and O–H groups in total. The van der Waals surface area contributed by atoms with Crippen LogP contribution in [0.3, 0.4) is 0 Å². The molecule has 0 aromatic carbocycles. The van der Waals surface area contributed by atoms with Gasteiger partial charge in [0.2, 0.25) is 0 Å². The van der Waals surface area contributed by atoms with Gasteiger partial charge in [-0.3, -0.25) is 0 Å². The molecule has 1 heterocycles. The highest BCUT2D eigenvalue weighted by Gasteiger charge is 2.23. The van der Waals surface area contributed by atoms with E-state index < -0.39 is 5.60 Å². The zero-order valence-corrected chi connectivity index (χ0v) is 10.6. The minimum absolute atomic E-state index is 0.514. The van der Waals surface area contributed by atoms with Crippen molar-refractivity contribution < 1.29 is 5.11 Å². The number of hydrogen-bond acceptors (Lipinski definition) is 4. The predicted octanol–water partition coefficient (Wildman–Crippen LogP) is 0.447. The van der Waals surface area contributed by atoms with E-state index in [9.17, 15) is 5.11 Å². The molecular weight excluding hydrogens is 204 g/mol. The van der Waals surface area contributed by atoms with Gasteiger partial charge in [-0.05, 0) is 19.9 Å². The van der Waals surface area contributed by atoms with Gasteiger partial charge in [0, 0.05) is 19.5 Å². The third-order valence-electron chi connectivity index (χ3n) is 2.33. The van der Waals surface area contributed by atoms with E-state index in [2.05, 4.69) is 29.2 Å². The van der Waals surface area contributed by atoms with Crippen LogP contribution in [-0.2, 0) is 13.0 Å². The van der Waals surface area contributed by atoms with Gasteiger partial charge in [-0.25, -0.2) is 9.67 Å². The fourth-order valence-corrected chi connectivity index (χ4v) is 1.71. The van der Waals surface area contributed by atoms with Crippen molar-refractivity contribution in [3.63, 3.8) is 0 Å². The van der Waals surface area contributed by atoms with Crippen LogP contribution >= 0.6 is 0 Å². The molecule has 0 bridgehead atoms. The van der Waals surface area contributed by atoms with Gasteiger partial charge >= 0.3 is 0 Å². The minimum atomic E-state index is -0.781. The largest absolute Gasteiger partial charge is 0.388 e. The van der Waals surface area contributed by atoms with Crippen LogP contribution in [0.5, 0.6) is 0 Å². The molecule has 5 heteroatoms. The zero-order chi connectivity index (χ0) is 12.2. The molecule has 0 saturated heterocycles. The van der Waals surface area contributed by atoms with Gasteiger partial charge in [-0.15, -0.1) is 0 Å². The van der Waals surface area contributed by atoms with E-state index >= 15 is 0 Å². The molecule has 0 fully saturated rings. The van der Waals surface area contributed by atoms with E-state index in [-0.39, 0.29) is 0 Å². The Morgan fingerprint density at radius 2 is 2.25 bits per heavy atom. The molecule has 1 aromatic rings. The van der Waals surface area contributed by atoms with Gasteiger partial charge < -0.3 is 10.4 Å². The molecule has 1 atom stereocenters. The second-order valence-corrected chi connectivity index (χ2v) is 4.96. The lowest BCUT2D eigenvalue weighted by molar-refractivity contribution is 0.0588. The maximum atomic E-state index is 10.1. The van der Waals surface area contributed by atoms with Crippen LogP contribution in [0.25, 0.3) is 0 Å². The minimum Gasteiger partial charge on any atom is -0.388 e. The number of aromatic nitrogens is 3. The molecule has 1 rings (SSSR count). The SMILES string of the molecule is CNCC(C)(O)Cc1ncnn1CC(C)C. The number of likely N-dealkylation sites (N-methyl/N-ethyl adjacent to an activating group) is 1. The van der Waals surface area contributed by atoms with Crippen LogP contribution in [0.4, 0.5) is 0 Å². The van der Waals surface area contributed by atoms with Gasteiger partial charge in [0.05, 0.1) is 5.60 Å². The summed E-state index contributed by atoms with van der Waals surface area (Å²) in [6.45, 7) is 7.46. The molecule has 16 heavy (non-hydrogen) atoms. The quantitative estimate of drug-likeness (QED) is 0.739. The van der Waals surface area contributed by atoms with E-state index in [0.29, 0.717) is 18.9 Å². The summed E-state index contributed by atoms with van der Waals surface area (Å²) in [4.78, 5) is 4.20. The monoisotopic (exact) mass is 226 g/mol. The first kappa shape index (κ1) is 13.1. The number of rotatable bonds is 6. The second-order valence-electron chi connectivity index (χ2n) is 4.96. The maximum Gasteiger partial charge on any atom is 0.138 e. The van der Waals surface area contributed by atoms with Gasteiger partial charge in [0.1, 0.15) is 12.2 Å². The Kier molecular flexibility index (Phi) is 4.44. The van der Waals surface area contributed by atoms with E-state index in [1.165, 1.54) is 0 Å². The van der Waals surface area contributed by atoms with Crippen molar-refractivity contribution in [3.05, 3.63) is 12.2 Å². The van der Waals surface area contributed by atoms with Crippen LogP contribution < -0.4 is 5.32 Å². The van der Waals surface area contributed by atoms with Crippen molar-refractivity contribution in [1.82, 2.24) is 20.1 Å². The summed E-state index contributed by atoms with van der Waals surface area (Å²) >= 11 is 0. The molecular formula is C11H22N4O. The van der Waals surface area contributed by atoms with Crippen molar-refractivity contribution in [2.75, 3.05) is 13.6 Å². The lowest BCUT2D eigenvalue weighted by atomic mass is 10.0. The van der Waals surface area contributed by atoms with E-state index in [1.54, 1.807) is 13.3 Å². The van der Waals surface area contributed by atoms with Crippen molar-refractivity contribution in [1.29, 1.82) is 0 Å². The van der Waals surface area contributed by atoms with E-state index in [0.717, 1.165) is 12.4 Å². The van der Waals surface area contributed by atoms with Crippen LogP contribution in [-0.4, -0.2) is 39.1 Å². The maximum absolute atomic E-state index is 10.1.